The molecule has 2 fully saturated rings. The quantitative estimate of drug-likeness (QED) is 0.845. The first kappa shape index (κ1) is 15.8. The third kappa shape index (κ3) is 2.26. The van der Waals surface area contributed by atoms with Crippen molar-refractivity contribution in [2.45, 2.75) is 65.1 Å². The molecule has 1 aromatic rings. The number of rotatable bonds is 5. The van der Waals surface area contributed by atoms with Gasteiger partial charge in [0.05, 0.1) is 28.4 Å². The van der Waals surface area contributed by atoms with Gasteiger partial charge in [0.15, 0.2) is 0 Å². The summed E-state index contributed by atoms with van der Waals surface area (Å²) in [5.74, 6) is -0.0287. The van der Waals surface area contributed by atoms with E-state index in [-0.39, 0.29) is 17.4 Å². The van der Waals surface area contributed by atoms with Gasteiger partial charge in [-0.3, -0.25) is 14.8 Å². The average molecular weight is 326 g/mol. The van der Waals surface area contributed by atoms with Gasteiger partial charge in [-0.25, -0.2) is 0 Å². The molecule has 2 bridgehead atoms. The topological polar surface area (TPSA) is 58.2 Å². The van der Waals surface area contributed by atoms with Crippen LogP contribution < -0.4 is 0 Å². The number of nitrogens with one attached hydrogen (secondary N) is 1. The summed E-state index contributed by atoms with van der Waals surface area (Å²) in [6.45, 7) is 7.05. The summed E-state index contributed by atoms with van der Waals surface area (Å²) in [6, 6.07) is 0.678. The van der Waals surface area contributed by atoms with Crippen molar-refractivity contribution in [2.75, 3.05) is 6.61 Å². The molecular formula is C16H24ClN3O2. The zero-order chi connectivity index (χ0) is 15.9. The number of nitrogens with zero attached hydrogens (tertiary/aromatic N) is 2. The molecule has 0 saturated carbocycles. The van der Waals surface area contributed by atoms with E-state index in [4.69, 9.17) is 16.3 Å². The molecule has 22 heavy (non-hydrogen) atoms. The van der Waals surface area contributed by atoms with Gasteiger partial charge in [0, 0.05) is 18.6 Å². The molecule has 3 atom stereocenters. The van der Waals surface area contributed by atoms with Crippen molar-refractivity contribution < 1.29 is 9.53 Å². The lowest BCUT2D eigenvalue weighted by Crippen LogP contribution is -2.44. The molecule has 5 nitrogen and oxygen atoms in total. The van der Waals surface area contributed by atoms with Crippen LogP contribution >= 0.6 is 11.6 Å². The number of carbonyl (C=O) groups is 1. The van der Waals surface area contributed by atoms with Crippen molar-refractivity contribution >= 4 is 17.6 Å². The van der Waals surface area contributed by atoms with Crippen LogP contribution in [0.4, 0.5) is 0 Å². The second-order valence-electron chi connectivity index (χ2n) is 6.46. The summed E-state index contributed by atoms with van der Waals surface area (Å²) in [5, 5.41) is 7.97. The molecule has 6 heteroatoms. The number of halogens is 1. The van der Waals surface area contributed by atoms with Crippen molar-refractivity contribution in [3.8, 4) is 0 Å². The SMILES string of the molecule is CCOC(=O)[C@]1(CC)C[C@@H]2CC[C@H]1N2Cc1n[nH]c(C)c1Cl. The minimum atomic E-state index is -0.350. The first-order valence-corrected chi connectivity index (χ1v) is 8.53. The van der Waals surface area contributed by atoms with Crippen LogP contribution in [0, 0.1) is 12.3 Å². The maximum absolute atomic E-state index is 12.6. The van der Waals surface area contributed by atoms with Crippen LogP contribution in [0.5, 0.6) is 0 Å². The minimum absolute atomic E-state index is 0.0287. The number of hydrogen-bond acceptors (Lipinski definition) is 4. The number of esters is 1. The number of hydrogen-bond donors (Lipinski definition) is 1. The molecule has 0 aliphatic carbocycles. The van der Waals surface area contributed by atoms with Gasteiger partial charge < -0.3 is 4.74 Å². The van der Waals surface area contributed by atoms with E-state index in [0.29, 0.717) is 24.2 Å². The van der Waals surface area contributed by atoms with Crippen LogP contribution in [-0.4, -0.2) is 39.8 Å². The Morgan fingerprint density at radius 2 is 2.27 bits per heavy atom. The fraction of sp³-hybridized carbons (Fsp3) is 0.750. The molecule has 122 valence electrons. The summed E-state index contributed by atoms with van der Waals surface area (Å²) >= 11 is 6.31. The normalized spacial score (nSPS) is 30.9. The molecular weight excluding hydrogens is 302 g/mol. The van der Waals surface area contributed by atoms with Gasteiger partial charge >= 0.3 is 5.97 Å². The third-order valence-corrected chi connectivity index (χ3v) is 5.97. The van der Waals surface area contributed by atoms with Crippen molar-refractivity contribution in [3.63, 3.8) is 0 Å². The molecule has 1 N–H and O–H groups in total. The standard InChI is InChI=1S/C16H24ClN3O2/c1-4-16(15(21)22-5-2)8-11-6-7-13(16)20(11)9-12-14(17)10(3)18-19-12/h11,13H,4-9H2,1-3H3,(H,18,19)/t11-,13+,16+/m0/s1. The van der Waals surface area contributed by atoms with E-state index in [0.717, 1.165) is 37.1 Å². The number of H-pyrrole nitrogens is 1. The molecule has 1 aromatic heterocycles. The van der Waals surface area contributed by atoms with E-state index < -0.39 is 0 Å². The van der Waals surface area contributed by atoms with Gasteiger partial charge in [-0.15, -0.1) is 0 Å². The lowest BCUT2D eigenvalue weighted by atomic mass is 9.72. The lowest BCUT2D eigenvalue weighted by Gasteiger charge is -2.34. The molecule has 0 radical (unpaired) electrons. The highest BCUT2D eigenvalue weighted by Crippen LogP contribution is 2.53. The van der Waals surface area contributed by atoms with Crippen molar-refractivity contribution in [1.82, 2.24) is 15.1 Å². The Balaban J connectivity index is 1.83. The summed E-state index contributed by atoms with van der Waals surface area (Å²) in [5.41, 5.74) is 1.43. The third-order valence-electron chi connectivity index (χ3n) is 5.47. The van der Waals surface area contributed by atoms with Gasteiger partial charge in [-0.05, 0) is 39.5 Å². The Morgan fingerprint density at radius 3 is 2.86 bits per heavy atom. The summed E-state index contributed by atoms with van der Waals surface area (Å²) in [4.78, 5) is 15.0. The Bertz CT molecular complexity index is 574. The van der Waals surface area contributed by atoms with E-state index >= 15 is 0 Å². The number of aromatic nitrogens is 2. The fourth-order valence-electron chi connectivity index (χ4n) is 4.31. The molecule has 2 saturated heterocycles. The van der Waals surface area contributed by atoms with E-state index in [1.54, 1.807) is 0 Å². The van der Waals surface area contributed by atoms with Crippen LogP contribution in [-0.2, 0) is 16.1 Å². The molecule has 0 spiro atoms. The van der Waals surface area contributed by atoms with Crippen LogP contribution in [0.15, 0.2) is 0 Å². The zero-order valence-corrected chi connectivity index (χ0v) is 14.2. The molecule has 3 rings (SSSR count). The first-order valence-electron chi connectivity index (χ1n) is 8.15. The second kappa shape index (κ2) is 5.85. The van der Waals surface area contributed by atoms with Crippen molar-refractivity contribution in [1.29, 1.82) is 0 Å². The summed E-state index contributed by atoms with van der Waals surface area (Å²) in [6.07, 6.45) is 3.93. The molecule has 3 heterocycles. The maximum atomic E-state index is 12.6. The van der Waals surface area contributed by atoms with E-state index in [2.05, 4.69) is 22.0 Å². The Hall–Kier alpha value is -1.07. The van der Waals surface area contributed by atoms with Crippen molar-refractivity contribution in [3.05, 3.63) is 16.4 Å². The highest BCUT2D eigenvalue weighted by Gasteiger charge is 2.59. The number of ether oxygens (including phenoxy) is 1. The second-order valence-corrected chi connectivity index (χ2v) is 6.84. The van der Waals surface area contributed by atoms with Gasteiger partial charge in [-0.1, -0.05) is 18.5 Å². The van der Waals surface area contributed by atoms with Gasteiger partial charge in [0.1, 0.15) is 0 Å². The van der Waals surface area contributed by atoms with Crippen LogP contribution in [0.3, 0.4) is 0 Å². The molecule has 0 aromatic carbocycles. The number of aromatic amines is 1. The predicted octanol–water partition coefficient (Wildman–Crippen LogP) is 3.07. The lowest BCUT2D eigenvalue weighted by molar-refractivity contribution is -0.157. The van der Waals surface area contributed by atoms with E-state index in [1.165, 1.54) is 0 Å². The smallest absolute Gasteiger partial charge is 0.313 e. The van der Waals surface area contributed by atoms with E-state index in [1.807, 2.05) is 13.8 Å². The summed E-state index contributed by atoms with van der Waals surface area (Å²) in [7, 11) is 0. The largest absolute Gasteiger partial charge is 0.466 e. The number of carbonyl (C=O) groups excluding carboxylic acids is 1. The van der Waals surface area contributed by atoms with Crippen LogP contribution in [0.25, 0.3) is 0 Å². The van der Waals surface area contributed by atoms with Gasteiger partial charge in [-0.2, -0.15) is 5.10 Å². The van der Waals surface area contributed by atoms with Crippen LogP contribution in [0.2, 0.25) is 5.02 Å². The Morgan fingerprint density at radius 1 is 1.50 bits per heavy atom. The highest BCUT2D eigenvalue weighted by molar-refractivity contribution is 6.31. The monoisotopic (exact) mass is 325 g/mol. The zero-order valence-electron chi connectivity index (χ0n) is 13.5. The maximum Gasteiger partial charge on any atom is 0.313 e. The molecule has 2 aliphatic rings. The van der Waals surface area contributed by atoms with E-state index in [9.17, 15) is 4.79 Å². The molecule has 0 amide bonds. The van der Waals surface area contributed by atoms with Crippen molar-refractivity contribution in [2.24, 2.45) is 5.41 Å². The average Bonchev–Trinajstić information content (AvgIpc) is 3.15. The molecule has 0 unspecified atom stereocenters. The Kier molecular flexibility index (Phi) is 4.21. The van der Waals surface area contributed by atoms with Crippen LogP contribution in [0.1, 0.15) is 50.9 Å². The number of aryl methyl sites for hydroxylation is 1. The first-order chi connectivity index (χ1) is 10.5. The van der Waals surface area contributed by atoms with Gasteiger partial charge in [0.25, 0.3) is 0 Å². The summed E-state index contributed by atoms with van der Waals surface area (Å²) < 4.78 is 5.39. The Labute approximate surface area is 136 Å². The number of fused-ring (bicyclic) bond motifs is 2. The highest BCUT2D eigenvalue weighted by atomic mass is 35.5. The predicted molar refractivity (Wildman–Crippen MR) is 84.7 cm³/mol. The van der Waals surface area contributed by atoms with Gasteiger partial charge in [0.2, 0.25) is 0 Å². The minimum Gasteiger partial charge on any atom is -0.466 e. The molecule has 2 aliphatic heterocycles. The fourth-order valence-corrected chi connectivity index (χ4v) is 4.45.